The van der Waals surface area contributed by atoms with Crippen LogP contribution in [0.1, 0.15) is 70.3 Å². The second-order valence-corrected chi connectivity index (χ2v) is 14.6. The summed E-state index contributed by atoms with van der Waals surface area (Å²) in [4.78, 5) is 32.6. The maximum absolute atomic E-state index is 14.9. The zero-order valence-corrected chi connectivity index (χ0v) is 29.5. The third-order valence-electron chi connectivity index (χ3n) is 9.16. The molecule has 0 radical (unpaired) electrons. The highest BCUT2D eigenvalue weighted by Crippen LogP contribution is 2.49. The SMILES string of the molecule is CC(C)(C)C[C@]1(c2ccc(-c3cnn(C(F)F)c3)cc2)NC(=N)N([C@H](COC(=O)NC2(C(F)(F)F)CC2)c2ccc(Cl)c(-c3ncnn3C(F)F)c2)C1=O. The van der Waals surface area contributed by atoms with Crippen LogP contribution >= 0.6 is 11.6 Å². The Morgan fingerprint density at radius 1 is 1.04 bits per heavy atom. The Hall–Kier alpha value is -5.20. The molecule has 1 saturated carbocycles. The summed E-state index contributed by atoms with van der Waals surface area (Å²) >= 11 is 6.40. The number of hydrogen-bond acceptors (Lipinski definition) is 7. The lowest BCUT2D eigenvalue weighted by Crippen LogP contribution is -2.49. The van der Waals surface area contributed by atoms with E-state index in [1.54, 1.807) is 24.3 Å². The fraction of sp³-hybridized carbons (Fsp3) is 0.412. The van der Waals surface area contributed by atoms with Crippen LogP contribution in [0.5, 0.6) is 0 Å². The van der Waals surface area contributed by atoms with Crippen LogP contribution in [0.2, 0.25) is 5.02 Å². The minimum atomic E-state index is -4.75. The molecule has 0 spiro atoms. The van der Waals surface area contributed by atoms with Crippen LogP contribution in [0.4, 0.5) is 35.5 Å². The van der Waals surface area contributed by atoms with Gasteiger partial charge in [0.2, 0.25) is 0 Å². The second kappa shape index (κ2) is 13.9. The first-order valence-electron chi connectivity index (χ1n) is 16.4. The molecule has 3 heterocycles. The number of alkyl halides is 7. The van der Waals surface area contributed by atoms with Crippen LogP contribution in [0.3, 0.4) is 0 Å². The fourth-order valence-electron chi connectivity index (χ4n) is 6.49. The molecule has 288 valence electrons. The Kier molecular flexibility index (Phi) is 9.91. The number of guanidine groups is 1. The summed E-state index contributed by atoms with van der Waals surface area (Å²) in [6.45, 7) is -1.19. The third-order valence-corrected chi connectivity index (χ3v) is 9.49. The van der Waals surface area contributed by atoms with E-state index in [-0.39, 0.29) is 41.2 Å². The van der Waals surface area contributed by atoms with Gasteiger partial charge in [-0.2, -0.15) is 45.6 Å². The molecule has 4 aromatic rings. The van der Waals surface area contributed by atoms with E-state index >= 15 is 0 Å². The van der Waals surface area contributed by atoms with E-state index in [9.17, 15) is 40.3 Å². The molecule has 2 aliphatic rings. The van der Waals surface area contributed by atoms with E-state index < -0.39 is 66.4 Å². The second-order valence-electron chi connectivity index (χ2n) is 14.2. The van der Waals surface area contributed by atoms with Gasteiger partial charge in [0.25, 0.3) is 5.91 Å². The molecule has 3 N–H and O–H groups in total. The molecule has 1 saturated heterocycles. The van der Waals surface area contributed by atoms with Gasteiger partial charge in [0, 0.05) is 17.3 Å². The number of alkyl carbamates (subject to hydrolysis) is 1. The third kappa shape index (κ3) is 7.32. The van der Waals surface area contributed by atoms with Crippen molar-refractivity contribution < 1.29 is 45.1 Å². The molecule has 0 bridgehead atoms. The van der Waals surface area contributed by atoms with Gasteiger partial charge in [-0.25, -0.2) is 14.5 Å². The summed E-state index contributed by atoms with van der Waals surface area (Å²) in [5, 5.41) is 21.0. The van der Waals surface area contributed by atoms with Gasteiger partial charge in [0.1, 0.15) is 24.0 Å². The van der Waals surface area contributed by atoms with Crippen molar-refractivity contribution in [3.8, 4) is 22.5 Å². The first-order valence-corrected chi connectivity index (χ1v) is 16.8. The minimum Gasteiger partial charge on any atom is -0.447 e. The largest absolute Gasteiger partial charge is 0.447 e. The molecule has 1 aliphatic carbocycles. The van der Waals surface area contributed by atoms with Crippen LogP contribution in [0.25, 0.3) is 22.5 Å². The monoisotopic (exact) mass is 783 g/mol. The summed E-state index contributed by atoms with van der Waals surface area (Å²) < 4.78 is 101. The van der Waals surface area contributed by atoms with E-state index in [0.717, 1.165) is 17.4 Å². The molecule has 2 aromatic heterocycles. The average Bonchev–Trinajstić information content (AvgIpc) is 3.40. The van der Waals surface area contributed by atoms with E-state index in [1.165, 1.54) is 24.4 Å². The molecule has 12 nitrogen and oxygen atoms in total. The molecule has 1 aliphatic heterocycles. The maximum atomic E-state index is 14.9. The zero-order chi connectivity index (χ0) is 39.4. The summed E-state index contributed by atoms with van der Waals surface area (Å²) in [5.74, 6) is -1.53. The number of carbonyl (C=O) groups excluding carboxylic acids is 2. The topological polar surface area (TPSA) is 143 Å². The first kappa shape index (κ1) is 38.5. The Morgan fingerprint density at radius 3 is 2.30 bits per heavy atom. The van der Waals surface area contributed by atoms with Gasteiger partial charge in [-0.05, 0) is 53.5 Å². The molecule has 2 amide bonds. The van der Waals surface area contributed by atoms with Crippen molar-refractivity contribution in [3.05, 3.63) is 77.3 Å². The molecule has 0 unspecified atom stereocenters. The predicted molar refractivity (Wildman–Crippen MR) is 179 cm³/mol. The highest BCUT2D eigenvalue weighted by atomic mass is 35.5. The van der Waals surface area contributed by atoms with E-state index in [1.807, 2.05) is 26.1 Å². The van der Waals surface area contributed by atoms with Gasteiger partial charge in [-0.15, -0.1) is 0 Å². The van der Waals surface area contributed by atoms with Crippen LogP contribution in [-0.2, 0) is 15.1 Å². The molecular formula is C34H33ClF7N9O3. The number of amides is 2. The van der Waals surface area contributed by atoms with Crippen molar-refractivity contribution in [1.82, 2.24) is 40.1 Å². The van der Waals surface area contributed by atoms with Gasteiger partial charge in [-0.3, -0.25) is 15.1 Å². The number of hydrogen-bond donors (Lipinski definition) is 3. The number of benzene rings is 2. The van der Waals surface area contributed by atoms with E-state index in [2.05, 4.69) is 20.5 Å². The number of nitrogens with zero attached hydrogens (tertiary/aromatic N) is 6. The van der Waals surface area contributed by atoms with Crippen molar-refractivity contribution in [2.24, 2.45) is 5.41 Å². The van der Waals surface area contributed by atoms with Crippen LogP contribution in [-0.4, -0.2) is 65.7 Å². The Bertz CT molecular complexity index is 2060. The van der Waals surface area contributed by atoms with Crippen LogP contribution < -0.4 is 10.6 Å². The van der Waals surface area contributed by atoms with Gasteiger partial charge in [0.05, 0.1) is 17.3 Å². The molecule has 6 rings (SSSR count). The van der Waals surface area contributed by atoms with Gasteiger partial charge in [-0.1, -0.05) is 62.7 Å². The number of carbonyl (C=O) groups is 2. The van der Waals surface area contributed by atoms with Gasteiger partial charge < -0.3 is 15.4 Å². The minimum absolute atomic E-state index is 0.0471. The quantitative estimate of drug-likeness (QED) is 0.132. The molecule has 2 aromatic carbocycles. The molecular weight excluding hydrogens is 751 g/mol. The number of ether oxygens (including phenoxy) is 1. The number of rotatable bonds is 11. The summed E-state index contributed by atoms with van der Waals surface area (Å²) in [7, 11) is 0. The smallest absolute Gasteiger partial charge is 0.411 e. The van der Waals surface area contributed by atoms with E-state index in [4.69, 9.17) is 21.7 Å². The Labute approximate surface area is 308 Å². The standard InChI is InChI=1S/C34H33ClF7N9O3/c1-31(2,3)16-33(21-7-4-18(5-8-21)20-13-45-49(14-20)27(36)37)26(52)50(29(43)47-33)24(15-54-30(53)48-32(10-11-32)34(40,41)42)19-6-9-23(35)22(12-19)25-44-17-46-51(25)28(38)39/h4-9,12-14,17,24,27-28H,10-11,15-16H2,1-3H3,(H2,43,47)(H,48,53)/t24-,33-/m1/s1. The first-order chi connectivity index (χ1) is 25.2. The maximum Gasteiger partial charge on any atom is 0.411 e. The molecule has 2 fully saturated rings. The van der Waals surface area contributed by atoms with Crippen molar-refractivity contribution in [2.45, 2.75) is 76.4 Å². The summed E-state index contributed by atoms with van der Waals surface area (Å²) in [5.41, 5.74) is -3.39. The Balaban J connectivity index is 1.40. The lowest BCUT2D eigenvalue weighted by atomic mass is 9.75. The highest BCUT2D eigenvalue weighted by molar-refractivity contribution is 6.33. The zero-order valence-electron chi connectivity index (χ0n) is 28.8. The number of halogens is 8. The number of nitrogens with one attached hydrogen (secondary N) is 3. The van der Waals surface area contributed by atoms with Crippen LogP contribution in [0, 0.1) is 10.8 Å². The van der Waals surface area contributed by atoms with Crippen molar-refractivity contribution in [2.75, 3.05) is 6.61 Å². The predicted octanol–water partition coefficient (Wildman–Crippen LogP) is 7.81. The molecule has 2 atom stereocenters. The average molecular weight is 784 g/mol. The van der Waals surface area contributed by atoms with Gasteiger partial charge in [0.15, 0.2) is 11.8 Å². The van der Waals surface area contributed by atoms with Gasteiger partial charge >= 0.3 is 25.4 Å². The molecule has 20 heteroatoms. The highest BCUT2D eigenvalue weighted by Gasteiger charge is 2.64. The van der Waals surface area contributed by atoms with E-state index in [0.29, 0.717) is 26.1 Å². The van der Waals surface area contributed by atoms with Crippen molar-refractivity contribution >= 4 is 29.6 Å². The lowest BCUT2D eigenvalue weighted by molar-refractivity contribution is -0.164. The number of aromatic nitrogens is 5. The summed E-state index contributed by atoms with van der Waals surface area (Å²) in [6, 6.07) is 8.93. The molecule has 54 heavy (non-hydrogen) atoms. The lowest BCUT2D eigenvalue weighted by Gasteiger charge is -2.35. The Morgan fingerprint density at radius 2 is 1.72 bits per heavy atom. The van der Waals surface area contributed by atoms with Crippen LogP contribution in [0.15, 0.2) is 61.2 Å². The summed E-state index contributed by atoms with van der Waals surface area (Å²) in [6.07, 6.45) is -3.52. The fourth-order valence-corrected chi connectivity index (χ4v) is 6.69. The normalized spacial score (nSPS) is 19.0. The van der Waals surface area contributed by atoms with Crippen molar-refractivity contribution in [3.63, 3.8) is 0 Å². The van der Waals surface area contributed by atoms with Crippen molar-refractivity contribution in [1.29, 1.82) is 5.41 Å².